The number of ether oxygens (including phenoxy) is 2. The van der Waals surface area contributed by atoms with E-state index in [1.54, 1.807) is 44.6 Å². The van der Waals surface area contributed by atoms with Gasteiger partial charge in [0.1, 0.15) is 11.5 Å². The van der Waals surface area contributed by atoms with Gasteiger partial charge in [-0.3, -0.25) is 4.79 Å². The van der Waals surface area contributed by atoms with Crippen LogP contribution in [0.1, 0.15) is 21.5 Å². The summed E-state index contributed by atoms with van der Waals surface area (Å²) in [6, 6.07) is 10.7. The highest BCUT2D eigenvalue weighted by Crippen LogP contribution is 2.25. The number of rotatable bonds is 5. The molecule has 0 spiro atoms. The molecule has 110 valence electrons. The molecule has 0 aliphatic heterocycles. The standard InChI is InChI=1S/C17H17ClO3/c1-11-4-5-12(10-17(11)21-3)15(19)9-13-8-14(18)6-7-16(13)20-2/h4-8,10H,9H2,1-3H3. The number of carbonyl (C=O) groups excluding carboxylic acids is 1. The Labute approximate surface area is 129 Å². The van der Waals surface area contributed by atoms with E-state index in [2.05, 4.69) is 0 Å². The maximum atomic E-state index is 12.4. The van der Waals surface area contributed by atoms with Crippen LogP contribution in [0.15, 0.2) is 36.4 Å². The van der Waals surface area contributed by atoms with Crippen molar-refractivity contribution in [2.75, 3.05) is 14.2 Å². The smallest absolute Gasteiger partial charge is 0.167 e. The first-order valence-corrected chi connectivity index (χ1v) is 6.93. The van der Waals surface area contributed by atoms with Crippen molar-refractivity contribution in [3.63, 3.8) is 0 Å². The minimum absolute atomic E-state index is 0.00568. The molecule has 0 atom stereocenters. The van der Waals surface area contributed by atoms with Crippen molar-refractivity contribution in [3.8, 4) is 11.5 Å². The predicted octanol–water partition coefficient (Wildman–Crippen LogP) is 4.09. The molecule has 0 aliphatic rings. The Balaban J connectivity index is 2.28. The third-order valence-corrected chi connectivity index (χ3v) is 3.56. The van der Waals surface area contributed by atoms with E-state index in [1.165, 1.54) is 0 Å². The zero-order valence-corrected chi connectivity index (χ0v) is 13.0. The molecular weight excluding hydrogens is 288 g/mol. The van der Waals surface area contributed by atoms with E-state index < -0.39 is 0 Å². The molecule has 0 saturated carbocycles. The quantitative estimate of drug-likeness (QED) is 0.780. The number of methoxy groups -OCH3 is 2. The molecule has 0 radical (unpaired) electrons. The summed E-state index contributed by atoms with van der Waals surface area (Å²) >= 11 is 5.98. The second kappa shape index (κ2) is 6.64. The summed E-state index contributed by atoms with van der Waals surface area (Å²) in [6.07, 6.45) is 0.232. The number of benzene rings is 2. The third kappa shape index (κ3) is 3.56. The van der Waals surface area contributed by atoms with Gasteiger partial charge in [0.15, 0.2) is 5.78 Å². The fourth-order valence-electron chi connectivity index (χ4n) is 2.15. The number of aryl methyl sites for hydroxylation is 1. The lowest BCUT2D eigenvalue weighted by atomic mass is 10.0. The summed E-state index contributed by atoms with van der Waals surface area (Å²) in [6.45, 7) is 1.94. The van der Waals surface area contributed by atoms with Crippen molar-refractivity contribution in [1.82, 2.24) is 0 Å². The number of Topliss-reactive ketones (excluding diaryl/α,β-unsaturated/α-hetero) is 1. The van der Waals surface area contributed by atoms with Gasteiger partial charge in [-0.05, 0) is 36.8 Å². The van der Waals surface area contributed by atoms with Crippen LogP contribution in [0.4, 0.5) is 0 Å². The SMILES string of the molecule is COc1cc(C(=O)Cc2cc(Cl)ccc2OC)ccc1C. The Kier molecular flexibility index (Phi) is 4.86. The van der Waals surface area contributed by atoms with Crippen molar-refractivity contribution < 1.29 is 14.3 Å². The second-order valence-electron chi connectivity index (χ2n) is 4.74. The fourth-order valence-corrected chi connectivity index (χ4v) is 2.35. The molecule has 0 heterocycles. The van der Waals surface area contributed by atoms with Crippen LogP contribution in [0.25, 0.3) is 0 Å². The Hall–Kier alpha value is -2.00. The summed E-state index contributed by atoms with van der Waals surface area (Å²) in [7, 11) is 3.17. The van der Waals surface area contributed by atoms with Gasteiger partial charge in [0.05, 0.1) is 14.2 Å². The third-order valence-electron chi connectivity index (χ3n) is 3.32. The van der Waals surface area contributed by atoms with Crippen LogP contribution in [0, 0.1) is 6.92 Å². The molecule has 2 aromatic rings. The topological polar surface area (TPSA) is 35.5 Å². The van der Waals surface area contributed by atoms with E-state index in [-0.39, 0.29) is 12.2 Å². The van der Waals surface area contributed by atoms with E-state index in [0.29, 0.717) is 22.1 Å². The van der Waals surface area contributed by atoms with Crippen LogP contribution in [0.5, 0.6) is 11.5 Å². The number of halogens is 1. The van der Waals surface area contributed by atoms with Gasteiger partial charge in [0, 0.05) is 22.6 Å². The first kappa shape index (κ1) is 15.4. The largest absolute Gasteiger partial charge is 0.496 e. The average Bonchev–Trinajstić information content (AvgIpc) is 2.48. The summed E-state index contributed by atoms with van der Waals surface area (Å²) in [5, 5.41) is 0.583. The van der Waals surface area contributed by atoms with Gasteiger partial charge >= 0.3 is 0 Å². The zero-order chi connectivity index (χ0) is 15.4. The first-order valence-electron chi connectivity index (χ1n) is 6.55. The molecule has 2 rings (SSSR count). The minimum atomic E-state index is -0.00568. The molecule has 2 aromatic carbocycles. The molecule has 0 saturated heterocycles. The van der Waals surface area contributed by atoms with Gasteiger partial charge in [0.2, 0.25) is 0 Å². The molecule has 0 aliphatic carbocycles. The minimum Gasteiger partial charge on any atom is -0.496 e. The fraction of sp³-hybridized carbons (Fsp3) is 0.235. The predicted molar refractivity (Wildman–Crippen MR) is 83.8 cm³/mol. The van der Waals surface area contributed by atoms with Gasteiger partial charge in [-0.15, -0.1) is 0 Å². The van der Waals surface area contributed by atoms with Gasteiger partial charge < -0.3 is 9.47 Å². The average molecular weight is 305 g/mol. The normalized spacial score (nSPS) is 10.3. The van der Waals surface area contributed by atoms with E-state index in [4.69, 9.17) is 21.1 Å². The van der Waals surface area contributed by atoms with Gasteiger partial charge in [-0.25, -0.2) is 0 Å². The molecule has 0 bridgehead atoms. The lowest BCUT2D eigenvalue weighted by Gasteiger charge is -2.10. The molecule has 3 nitrogen and oxygen atoms in total. The molecule has 0 unspecified atom stereocenters. The lowest BCUT2D eigenvalue weighted by molar-refractivity contribution is 0.0991. The van der Waals surface area contributed by atoms with Crippen LogP contribution < -0.4 is 9.47 Å². The second-order valence-corrected chi connectivity index (χ2v) is 5.18. The molecule has 0 aromatic heterocycles. The maximum Gasteiger partial charge on any atom is 0.167 e. The highest BCUT2D eigenvalue weighted by atomic mass is 35.5. The highest BCUT2D eigenvalue weighted by Gasteiger charge is 2.13. The molecule has 0 fully saturated rings. The Morgan fingerprint density at radius 2 is 1.76 bits per heavy atom. The molecule has 4 heteroatoms. The molecule has 0 N–H and O–H groups in total. The maximum absolute atomic E-state index is 12.4. The highest BCUT2D eigenvalue weighted by molar-refractivity contribution is 6.30. The van der Waals surface area contributed by atoms with Crippen LogP contribution in [-0.2, 0) is 6.42 Å². The number of hydrogen-bond donors (Lipinski definition) is 0. The zero-order valence-electron chi connectivity index (χ0n) is 12.3. The van der Waals surface area contributed by atoms with Crippen LogP contribution in [0.3, 0.4) is 0 Å². The van der Waals surface area contributed by atoms with Crippen molar-refractivity contribution in [2.24, 2.45) is 0 Å². The lowest BCUT2D eigenvalue weighted by Crippen LogP contribution is -2.05. The first-order chi connectivity index (χ1) is 10.0. The number of hydrogen-bond acceptors (Lipinski definition) is 3. The van der Waals surface area contributed by atoms with E-state index in [1.807, 2.05) is 13.0 Å². The molecule has 0 amide bonds. The summed E-state index contributed by atoms with van der Waals surface area (Å²) in [5.74, 6) is 1.36. The van der Waals surface area contributed by atoms with Crippen molar-refractivity contribution >= 4 is 17.4 Å². The van der Waals surface area contributed by atoms with E-state index >= 15 is 0 Å². The summed E-state index contributed by atoms with van der Waals surface area (Å²) < 4.78 is 10.5. The Morgan fingerprint density at radius 3 is 2.43 bits per heavy atom. The van der Waals surface area contributed by atoms with Crippen LogP contribution in [0.2, 0.25) is 5.02 Å². The van der Waals surface area contributed by atoms with E-state index in [9.17, 15) is 4.79 Å². The summed E-state index contributed by atoms with van der Waals surface area (Å²) in [5.41, 5.74) is 2.38. The Morgan fingerprint density at radius 1 is 1.05 bits per heavy atom. The van der Waals surface area contributed by atoms with Gasteiger partial charge in [0.25, 0.3) is 0 Å². The number of ketones is 1. The van der Waals surface area contributed by atoms with Crippen LogP contribution >= 0.6 is 11.6 Å². The van der Waals surface area contributed by atoms with E-state index in [0.717, 1.165) is 11.1 Å². The number of carbonyl (C=O) groups is 1. The summed E-state index contributed by atoms with van der Waals surface area (Å²) in [4.78, 5) is 12.4. The molecule has 21 heavy (non-hydrogen) atoms. The molecular formula is C17H17ClO3. The Bertz CT molecular complexity index is 665. The van der Waals surface area contributed by atoms with Crippen molar-refractivity contribution in [1.29, 1.82) is 0 Å². The van der Waals surface area contributed by atoms with Gasteiger partial charge in [-0.2, -0.15) is 0 Å². The van der Waals surface area contributed by atoms with Crippen LogP contribution in [-0.4, -0.2) is 20.0 Å². The van der Waals surface area contributed by atoms with Gasteiger partial charge in [-0.1, -0.05) is 23.7 Å². The van der Waals surface area contributed by atoms with Crippen molar-refractivity contribution in [3.05, 3.63) is 58.1 Å². The monoisotopic (exact) mass is 304 g/mol. The van der Waals surface area contributed by atoms with Crippen molar-refractivity contribution in [2.45, 2.75) is 13.3 Å².